The minimum absolute atomic E-state index is 0.241. The molecule has 4 heteroatoms. The summed E-state index contributed by atoms with van der Waals surface area (Å²) in [7, 11) is 0. The second-order valence-electron chi connectivity index (χ2n) is 6.57. The fourth-order valence-electron chi connectivity index (χ4n) is 2.34. The van der Waals surface area contributed by atoms with E-state index in [1.54, 1.807) is 24.3 Å². The van der Waals surface area contributed by atoms with Crippen LogP contribution in [0.2, 0.25) is 0 Å². The second-order valence-corrected chi connectivity index (χ2v) is 6.57. The number of carbonyl (C=O) groups is 2. The Labute approximate surface area is 139 Å². The van der Waals surface area contributed by atoms with E-state index in [1.807, 2.05) is 13.8 Å². The molecule has 23 heavy (non-hydrogen) atoms. The van der Waals surface area contributed by atoms with Gasteiger partial charge in [-0.2, -0.15) is 0 Å². The molecular formula is C19H28O4. The maximum Gasteiger partial charge on any atom is 0.342 e. The molecule has 1 aromatic carbocycles. The Kier molecular flexibility index (Phi) is 7.27. The number of para-hydroxylation sites is 1. The Morgan fingerprint density at radius 2 is 1.87 bits per heavy atom. The second kappa shape index (κ2) is 8.70. The van der Waals surface area contributed by atoms with Gasteiger partial charge in [0.1, 0.15) is 16.9 Å². The molecule has 0 aliphatic carbocycles. The smallest absolute Gasteiger partial charge is 0.342 e. The number of hydrogen-bond acceptors (Lipinski definition) is 4. The third-order valence-corrected chi connectivity index (χ3v) is 3.93. The van der Waals surface area contributed by atoms with E-state index < -0.39 is 17.5 Å². The van der Waals surface area contributed by atoms with Gasteiger partial charge in [-0.1, -0.05) is 39.3 Å². The van der Waals surface area contributed by atoms with E-state index >= 15 is 0 Å². The van der Waals surface area contributed by atoms with Crippen molar-refractivity contribution < 1.29 is 19.1 Å². The van der Waals surface area contributed by atoms with Crippen molar-refractivity contribution in [2.75, 3.05) is 0 Å². The highest BCUT2D eigenvalue weighted by Gasteiger charge is 2.28. The summed E-state index contributed by atoms with van der Waals surface area (Å²) < 4.78 is 10.8. The van der Waals surface area contributed by atoms with Crippen LogP contribution in [0.1, 0.15) is 70.7 Å². The van der Waals surface area contributed by atoms with Gasteiger partial charge in [-0.15, -0.1) is 0 Å². The highest BCUT2D eigenvalue weighted by molar-refractivity contribution is 5.93. The number of carbonyl (C=O) groups excluding carboxylic acids is 2. The molecule has 0 aliphatic heterocycles. The topological polar surface area (TPSA) is 52.6 Å². The van der Waals surface area contributed by atoms with Crippen molar-refractivity contribution in [1.29, 1.82) is 0 Å². The highest BCUT2D eigenvalue weighted by Crippen LogP contribution is 2.27. The molecule has 4 nitrogen and oxygen atoms in total. The van der Waals surface area contributed by atoms with E-state index in [1.165, 1.54) is 6.92 Å². The van der Waals surface area contributed by atoms with Crippen molar-refractivity contribution in [3.8, 4) is 5.75 Å². The standard InChI is InChI=1S/C19H28O4/c1-6-19(5,13-9-10-14(2)3)23-18(21)16-11-7-8-12-17(16)22-15(4)20/h7-8,11-12,14H,6,9-10,13H2,1-5H3. The molecule has 128 valence electrons. The molecule has 0 saturated heterocycles. The van der Waals surface area contributed by atoms with Gasteiger partial charge in [-0.25, -0.2) is 4.79 Å². The normalized spacial score (nSPS) is 13.5. The molecule has 0 radical (unpaired) electrons. The number of rotatable bonds is 8. The van der Waals surface area contributed by atoms with Crippen LogP contribution in [0.4, 0.5) is 0 Å². The summed E-state index contributed by atoms with van der Waals surface area (Å²) in [4.78, 5) is 23.7. The van der Waals surface area contributed by atoms with E-state index in [0.29, 0.717) is 5.92 Å². The Morgan fingerprint density at radius 3 is 2.43 bits per heavy atom. The van der Waals surface area contributed by atoms with Crippen molar-refractivity contribution >= 4 is 11.9 Å². The van der Waals surface area contributed by atoms with Gasteiger partial charge in [0.05, 0.1) is 0 Å². The van der Waals surface area contributed by atoms with Crippen LogP contribution >= 0.6 is 0 Å². The van der Waals surface area contributed by atoms with E-state index in [4.69, 9.17) is 9.47 Å². The Hall–Kier alpha value is -1.84. The van der Waals surface area contributed by atoms with Crippen molar-refractivity contribution in [3.05, 3.63) is 29.8 Å². The minimum Gasteiger partial charge on any atom is -0.456 e. The lowest BCUT2D eigenvalue weighted by Crippen LogP contribution is -2.31. The van der Waals surface area contributed by atoms with Crippen LogP contribution in [0.15, 0.2) is 24.3 Å². The zero-order valence-electron chi connectivity index (χ0n) is 14.8. The molecule has 0 heterocycles. The number of hydrogen-bond donors (Lipinski definition) is 0. The summed E-state index contributed by atoms with van der Waals surface area (Å²) in [6, 6.07) is 6.66. The molecule has 1 atom stereocenters. The van der Waals surface area contributed by atoms with Gasteiger partial charge in [-0.3, -0.25) is 4.79 Å². The van der Waals surface area contributed by atoms with E-state index in [0.717, 1.165) is 25.7 Å². The fraction of sp³-hybridized carbons (Fsp3) is 0.579. The molecule has 0 saturated carbocycles. The van der Waals surface area contributed by atoms with Crippen LogP contribution in [0.25, 0.3) is 0 Å². The molecule has 0 fully saturated rings. The van der Waals surface area contributed by atoms with Crippen LogP contribution in [0.5, 0.6) is 5.75 Å². The predicted octanol–water partition coefficient (Wildman–Crippen LogP) is 4.76. The van der Waals surface area contributed by atoms with Crippen molar-refractivity contribution in [2.45, 2.75) is 65.9 Å². The third kappa shape index (κ3) is 6.43. The van der Waals surface area contributed by atoms with Crippen LogP contribution in [0, 0.1) is 5.92 Å². The molecule has 1 aromatic rings. The van der Waals surface area contributed by atoms with Gasteiger partial charge < -0.3 is 9.47 Å². The maximum atomic E-state index is 12.5. The molecule has 0 bridgehead atoms. The molecule has 0 aliphatic rings. The van der Waals surface area contributed by atoms with Crippen LogP contribution in [-0.2, 0) is 9.53 Å². The summed E-state index contributed by atoms with van der Waals surface area (Å²) >= 11 is 0. The number of ether oxygens (including phenoxy) is 2. The van der Waals surface area contributed by atoms with E-state index in [2.05, 4.69) is 13.8 Å². The third-order valence-electron chi connectivity index (χ3n) is 3.93. The van der Waals surface area contributed by atoms with Crippen molar-refractivity contribution in [2.24, 2.45) is 5.92 Å². The van der Waals surface area contributed by atoms with Gasteiger partial charge in [-0.05, 0) is 44.2 Å². The molecule has 0 spiro atoms. The van der Waals surface area contributed by atoms with E-state index in [-0.39, 0.29) is 11.3 Å². The van der Waals surface area contributed by atoms with E-state index in [9.17, 15) is 9.59 Å². The van der Waals surface area contributed by atoms with Crippen molar-refractivity contribution in [3.63, 3.8) is 0 Å². The molecule has 0 N–H and O–H groups in total. The first-order valence-electron chi connectivity index (χ1n) is 8.28. The van der Waals surface area contributed by atoms with Gasteiger partial charge >= 0.3 is 11.9 Å². The van der Waals surface area contributed by atoms with Gasteiger partial charge in [0.2, 0.25) is 0 Å². The summed E-state index contributed by atoms with van der Waals surface area (Å²) in [5.41, 5.74) is -0.221. The Balaban J connectivity index is 2.82. The minimum atomic E-state index is -0.505. The average molecular weight is 320 g/mol. The number of benzene rings is 1. The first-order chi connectivity index (χ1) is 10.8. The number of esters is 2. The summed E-state index contributed by atoms with van der Waals surface area (Å²) in [6.07, 6.45) is 3.69. The molecule has 1 rings (SSSR count). The maximum absolute atomic E-state index is 12.5. The SMILES string of the molecule is CCC(C)(CCCC(C)C)OC(=O)c1ccccc1OC(C)=O. The van der Waals surface area contributed by atoms with Crippen LogP contribution in [0.3, 0.4) is 0 Å². The monoisotopic (exact) mass is 320 g/mol. The predicted molar refractivity (Wildman–Crippen MR) is 90.6 cm³/mol. The highest BCUT2D eigenvalue weighted by atomic mass is 16.6. The summed E-state index contributed by atoms with van der Waals surface area (Å²) in [5, 5.41) is 0. The Morgan fingerprint density at radius 1 is 1.22 bits per heavy atom. The summed E-state index contributed by atoms with van der Waals surface area (Å²) in [6.45, 7) is 9.65. The Bertz CT molecular complexity index is 536. The van der Waals surface area contributed by atoms with Gasteiger partial charge in [0.15, 0.2) is 0 Å². The quantitative estimate of drug-likeness (QED) is 0.511. The van der Waals surface area contributed by atoms with Crippen molar-refractivity contribution in [1.82, 2.24) is 0 Å². The van der Waals surface area contributed by atoms with Gasteiger partial charge in [0.25, 0.3) is 0 Å². The molecule has 0 amide bonds. The first-order valence-corrected chi connectivity index (χ1v) is 8.28. The van der Waals surface area contributed by atoms with Crippen LogP contribution in [-0.4, -0.2) is 17.5 Å². The summed E-state index contributed by atoms with van der Waals surface area (Å²) in [5.74, 6) is -0.0293. The van der Waals surface area contributed by atoms with Crippen LogP contribution < -0.4 is 4.74 Å². The lowest BCUT2D eigenvalue weighted by molar-refractivity contribution is -0.131. The molecular weight excluding hydrogens is 292 g/mol. The molecule has 0 aromatic heterocycles. The molecule has 1 unspecified atom stereocenters. The zero-order chi connectivity index (χ0) is 17.5. The lowest BCUT2D eigenvalue weighted by Gasteiger charge is -2.29. The fourth-order valence-corrected chi connectivity index (χ4v) is 2.34. The van der Waals surface area contributed by atoms with Gasteiger partial charge in [0, 0.05) is 6.92 Å². The largest absolute Gasteiger partial charge is 0.456 e. The lowest BCUT2D eigenvalue weighted by atomic mass is 9.93. The zero-order valence-corrected chi connectivity index (χ0v) is 14.8. The first kappa shape index (κ1) is 19.2. The average Bonchev–Trinajstić information content (AvgIpc) is 2.46.